The van der Waals surface area contributed by atoms with Crippen LogP contribution in [0, 0.1) is 6.92 Å². The molecular weight excluding hydrogens is 330 g/mol. The third kappa shape index (κ3) is 5.25. The summed E-state index contributed by atoms with van der Waals surface area (Å²) in [6, 6.07) is 8.28. The van der Waals surface area contributed by atoms with E-state index in [2.05, 4.69) is 41.5 Å². The molecule has 0 spiro atoms. The molecule has 1 aromatic rings. The van der Waals surface area contributed by atoms with Crippen molar-refractivity contribution in [1.29, 1.82) is 0 Å². The Morgan fingerprint density at radius 1 is 1.30 bits per heavy atom. The molecule has 0 N–H and O–H groups in total. The molecule has 0 bridgehead atoms. The van der Waals surface area contributed by atoms with E-state index < -0.39 is 10.1 Å². The molecule has 124 valence electrons. The van der Waals surface area contributed by atoms with E-state index >= 15 is 0 Å². The number of rotatable bonds is 6. The van der Waals surface area contributed by atoms with Gasteiger partial charge in [0.05, 0.1) is 5.75 Å². The summed E-state index contributed by atoms with van der Waals surface area (Å²) in [5, 5.41) is 4.27. The summed E-state index contributed by atoms with van der Waals surface area (Å²) in [5.41, 5.74) is 2.54. The zero-order valence-corrected chi connectivity index (χ0v) is 15.2. The quantitative estimate of drug-likeness (QED) is 0.715. The monoisotopic (exact) mass is 351 g/mol. The van der Waals surface area contributed by atoms with Crippen LogP contribution in [0.4, 0.5) is 0 Å². The predicted molar refractivity (Wildman–Crippen MR) is 97.0 cm³/mol. The van der Waals surface area contributed by atoms with E-state index in [0.29, 0.717) is 11.5 Å². The molecule has 0 saturated carbocycles. The fourth-order valence-electron chi connectivity index (χ4n) is 2.30. The van der Waals surface area contributed by atoms with E-state index in [1.54, 1.807) is 13.0 Å². The Morgan fingerprint density at radius 3 is 2.74 bits per heavy atom. The average molecular weight is 351 g/mol. The summed E-state index contributed by atoms with van der Waals surface area (Å²) in [6.45, 7) is 6.02. The maximum atomic E-state index is 11.5. The summed E-state index contributed by atoms with van der Waals surface area (Å²) in [4.78, 5) is 1.04. The molecule has 0 aromatic heterocycles. The highest BCUT2D eigenvalue weighted by atomic mass is 32.2. The van der Waals surface area contributed by atoms with Crippen molar-refractivity contribution in [3.63, 3.8) is 0 Å². The third-order valence-electron chi connectivity index (χ3n) is 3.40. The highest BCUT2D eigenvalue weighted by Gasteiger charge is 2.14. The van der Waals surface area contributed by atoms with E-state index in [9.17, 15) is 8.42 Å². The van der Waals surface area contributed by atoms with Crippen molar-refractivity contribution >= 4 is 26.9 Å². The summed E-state index contributed by atoms with van der Waals surface area (Å²) >= 11 is 1.41. The van der Waals surface area contributed by atoms with Crippen molar-refractivity contribution in [3.8, 4) is 0 Å². The maximum absolute atomic E-state index is 11.5. The molecule has 1 aliphatic rings. The smallest absolute Gasteiger partial charge is 0.267 e. The topological polar surface area (TPSA) is 55.7 Å². The van der Waals surface area contributed by atoms with Gasteiger partial charge in [-0.2, -0.15) is 8.42 Å². The molecular formula is C17H21NO3S2. The molecule has 1 aromatic carbocycles. The minimum absolute atomic E-state index is 0.0226. The molecule has 0 amide bonds. The van der Waals surface area contributed by atoms with Crippen molar-refractivity contribution in [2.75, 3.05) is 5.75 Å². The summed E-state index contributed by atoms with van der Waals surface area (Å²) < 4.78 is 27.7. The first-order chi connectivity index (χ1) is 10.9. The molecule has 1 heterocycles. The van der Waals surface area contributed by atoms with Gasteiger partial charge in [-0.1, -0.05) is 61.1 Å². The van der Waals surface area contributed by atoms with Gasteiger partial charge < -0.3 is 0 Å². The van der Waals surface area contributed by atoms with Crippen LogP contribution in [-0.4, -0.2) is 19.2 Å². The number of allylic oxidation sites excluding steroid dienone is 2. The lowest BCUT2D eigenvalue weighted by Gasteiger charge is -2.11. The Morgan fingerprint density at radius 2 is 2.04 bits per heavy atom. The lowest BCUT2D eigenvalue weighted by molar-refractivity contribution is 0.340. The number of hydrogen-bond acceptors (Lipinski definition) is 5. The van der Waals surface area contributed by atoms with Gasteiger partial charge in [0.2, 0.25) is 0 Å². The molecule has 0 saturated heterocycles. The SMILES string of the molecule is CCCS(=O)(=O)ON=C1C=CC(=CC(C)c2ccccc2C)S1. The number of hydrogen-bond donors (Lipinski definition) is 0. The van der Waals surface area contributed by atoms with Crippen LogP contribution in [0.5, 0.6) is 0 Å². The van der Waals surface area contributed by atoms with Crippen molar-refractivity contribution in [2.24, 2.45) is 5.16 Å². The second-order valence-electron chi connectivity index (χ2n) is 5.42. The van der Waals surface area contributed by atoms with E-state index in [1.807, 2.05) is 18.2 Å². The van der Waals surface area contributed by atoms with Gasteiger partial charge in [-0.3, -0.25) is 4.28 Å². The molecule has 0 radical (unpaired) electrons. The third-order valence-corrected chi connectivity index (χ3v) is 5.54. The molecule has 1 unspecified atom stereocenters. The number of aryl methyl sites for hydroxylation is 1. The van der Waals surface area contributed by atoms with Gasteiger partial charge in [0, 0.05) is 10.8 Å². The van der Waals surface area contributed by atoms with Crippen LogP contribution >= 0.6 is 11.8 Å². The molecule has 0 aliphatic carbocycles. The number of thioether (sulfide) groups is 1. The normalized spacial score (nSPS) is 19.4. The number of oxime groups is 1. The Kier molecular flexibility index (Phi) is 6.07. The Bertz CT molecular complexity index is 749. The average Bonchev–Trinajstić information content (AvgIpc) is 2.93. The van der Waals surface area contributed by atoms with Crippen LogP contribution in [0.1, 0.15) is 37.3 Å². The molecule has 2 rings (SSSR count). The van der Waals surface area contributed by atoms with Gasteiger partial charge in [-0.25, -0.2) is 0 Å². The van der Waals surface area contributed by atoms with Gasteiger partial charge >= 0.3 is 10.1 Å². The van der Waals surface area contributed by atoms with Crippen LogP contribution in [0.3, 0.4) is 0 Å². The number of benzene rings is 1. The van der Waals surface area contributed by atoms with Crippen molar-refractivity contribution in [3.05, 3.63) is 58.5 Å². The molecule has 23 heavy (non-hydrogen) atoms. The largest absolute Gasteiger partial charge is 0.328 e. The van der Waals surface area contributed by atoms with Crippen LogP contribution in [0.15, 0.2) is 52.6 Å². The summed E-state index contributed by atoms with van der Waals surface area (Å²) in [6.07, 6.45) is 6.35. The minimum Gasteiger partial charge on any atom is -0.267 e. The van der Waals surface area contributed by atoms with Crippen molar-refractivity contribution in [1.82, 2.24) is 0 Å². The highest BCUT2D eigenvalue weighted by Crippen LogP contribution is 2.31. The van der Waals surface area contributed by atoms with E-state index in [0.717, 1.165) is 4.91 Å². The van der Waals surface area contributed by atoms with Crippen LogP contribution in [0.25, 0.3) is 0 Å². The van der Waals surface area contributed by atoms with Crippen LogP contribution in [0.2, 0.25) is 0 Å². The molecule has 4 nitrogen and oxygen atoms in total. The fourth-order valence-corrected chi connectivity index (χ4v) is 3.97. The Hall–Kier alpha value is -1.53. The van der Waals surface area contributed by atoms with Crippen LogP contribution < -0.4 is 0 Å². The molecule has 6 heteroatoms. The predicted octanol–water partition coefficient (Wildman–Crippen LogP) is 4.36. The van der Waals surface area contributed by atoms with Crippen LogP contribution in [-0.2, 0) is 14.4 Å². The highest BCUT2D eigenvalue weighted by molar-refractivity contribution is 8.18. The second kappa shape index (κ2) is 7.84. The standard InChI is InChI=1S/C17H21NO3S2/c1-4-11-23(19,20)21-18-17-10-9-15(22-17)12-14(3)16-8-6-5-7-13(16)2/h5-10,12,14H,4,11H2,1-3H3. The molecule has 0 fully saturated rings. The Balaban J connectivity index is 2.03. The lowest BCUT2D eigenvalue weighted by atomic mass is 9.96. The number of nitrogens with zero attached hydrogens (tertiary/aromatic N) is 1. The lowest BCUT2D eigenvalue weighted by Crippen LogP contribution is -2.06. The van der Waals surface area contributed by atoms with Gasteiger partial charge in [-0.15, -0.1) is 0 Å². The molecule has 1 aliphatic heterocycles. The Labute approximate surface area is 142 Å². The van der Waals surface area contributed by atoms with Gasteiger partial charge in [0.25, 0.3) is 0 Å². The minimum atomic E-state index is -3.56. The van der Waals surface area contributed by atoms with E-state index in [1.165, 1.54) is 22.9 Å². The van der Waals surface area contributed by atoms with E-state index in [-0.39, 0.29) is 11.7 Å². The maximum Gasteiger partial charge on any atom is 0.328 e. The van der Waals surface area contributed by atoms with Gasteiger partial charge in [0.15, 0.2) is 0 Å². The molecule has 1 atom stereocenters. The van der Waals surface area contributed by atoms with Crippen molar-refractivity contribution in [2.45, 2.75) is 33.1 Å². The first-order valence-corrected chi connectivity index (χ1v) is 9.93. The van der Waals surface area contributed by atoms with Crippen molar-refractivity contribution < 1.29 is 12.7 Å². The van der Waals surface area contributed by atoms with E-state index in [4.69, 9.17) is 0 Å². The fraction of sp³-hybridized carbons (Fsp3) is 0.353. The zero-order chi connectivity index (χ0) is 16.9. The summed E-state index contributed by atoms with van der Waals surface area (Å²) in [5.74, 6) is 0.248. The first kappa shape index (κ1) is 17.8. The summed E-state index contributed by atoms with van der Waals surface area (Å²) in [7, 11) is -3.56. The van der Waals surface area contributed by atoms with Gasteiger partial charge in [0.1, 0.15) is 5.04 Å². The van der Waals surface area contributed by atoms with Gasteiger partial charge in [-0.05, 0) is 36.6 Å². The zero-order valence-electron chi connectivity index (χ0n) is 13.5. The second-order valence-corrected chi connectivity index (χ2v) is 8.18. The first-order valence-electron chi connectivity index (χ1n) is 7.54.